The van der Waals surface area contributed by atoms with Gasteiger partial charge in [-0.25, -0.2) is 0 Å². The number of amides is 1. The predicted molar refractivity (Wildman–Crippen MR) is 85.3 cm³/mol. The molecule has 2 aromatic carbocycles. The van der Waals surface area contributed by atoms with Crippen LogP contribution in [0.2, 0.25) is 0 Å². The van der Waals surface area contributed by atoms with Crippen LogP contribution in [0.3, 0.4) is 0 Å². The summed E-state index contributed by atoms with van der Waals surface area (Å²) in [6, 6.07) is 14.0. The molecule has 1 aliphatic rings. The van der Waals surface area contributed by atoms with Crippen LogP contribution in [0.15, 0.2) is 46.9 Å². The van der Waals surface area contributed by atoms with Crippen LogP contribution in [0.5, 0.6) is 0 Å². The quantitative estimate of drug-likeness (QED) is 0.761. The molecule has 1 amide bonds. The van der Waals surface area contributed by atoms with E-state index in [1.54, 1.807) is 0 Å². The summed E-state index contributed by atoms with van der Waals surface area (Å²) in [7, 11) is 0. The predicted octanol–water partition coefficient (Wildman–Crippen LogP) is 4.35. The van der Waals surface area contributed by atoms with Crippen LogP contribution in [-0.2, 0) is 6.42 Å². The number of carbonyl (C=O) groups excluding carboxylic acids is 1. The van der Waals surface area contributed by atoms with Gasteiger partial charge in [0.1, 0.15) is 0 Å². The Morgan fingerprint density at radius 2 is 1.95 bits per heavy atom. The molecule has 0 radical (unpaired) electrons. The molecule has 0 bridgehead atoms. The number of benzene rings is 2. The number of anilines is 1. The zero-order valence-corrected chi connectivity index (χ0v) is 13.0. The van der Waals surface area contributed by atoms with Crippen molar-refractivity contribution in [1.82, 2.24) is 0 Å². The second-order valence-electron chi connectivity index (χ2n) is 5.10. The van der Waals surface area contributed by atoms with E-state index in [4.69, 9.17) is 0 Å². The summed E-state index contributed by atoms with van der Waals surface area (Å²) >= 11 is 3.50. The molecular weight excluding hydrogens is 314 g/mol. The zero-order chi connectivity index (χ0) is 14.1. The van der Waals surface area contributed by atoms with Crippen molar-refractivity contribution in [3.63, 3.8) is 0 Å². The van der Waals surface area contributed by atoms with Gasteiger partial charge in [0.05, 0.1) is 0 Å². The highest BCUT2D eigenvalue weighted by molar-refractivity contribution is 9.10. The second kappa shape index (κ2) is 5.41. The molecular formula is C17H16BrNO. The fourth-order valence-electron chi connectivity index (χ4n) is 2.73. The first-order valence-corrected chi connectivity index (χ1v) is 7.62. The van der Waals surface area contributed by atoms with Crippen LogP contribution in [0.1, 0.15) is 27.9 Å². The first-order chi connectivity index (χ1) is 9.68. The molecule has 0 N–H and O–H groups in total. The van der Waals surface area contributed by atoms with E-state index < -0.39 is 0 Å². The fraction of sp³-hybridized carbons (Fsp3) is 0.235. The molecule has 2 nitrogen and oxygen atoms in total. The molecule has 1 heterocycles. The van der Waals surface area contributed by atoms with E-state index >= 15 is 0 Å². The Bertz CT molecular complexity index is 666. The van der Waals surface area contributed by atoms with Crippen molar-refractivity contribution in [2.45, 2.75) is 19.8 Å². The molecule has 0 atom stereocenters. The number of fused-ring (bicyclic) bond motifs is 1. The van der Waals surface area contributed by atoms with Crippen molar-refractivity contribution in [2.75, 3.05) is 11.4 Å². The summed E-state index contributed by atoms with van der Waals surface area (Å²) in [5.41, 5.74) is 4.10. The van der Waals surface area contributed by atoms with Gasteiger partial charge >= 0.3 is 0 Å². The second-order valence-corrected chi connectivity index (χ2v) is 5.96. The molecule has 3 heteroatoms. The van der Waals surface area contributed by atoms with Gasteiger partial charge in [-0.2, -0.15) is 0 Å². The van der Waals surface area contributed by atoms with Gasteiger partial charge in [0.25, 0.3) is 5.91 Å². The van der Waals surface area contributed by atoms with E-state index in [0.717, 1.165) is 40.7 Å². The maximum atomic E-state index is 12.8. The lowest BCUT2D eigenvalue weighted by Gasteiger charge is -2.30. The number of halogens is 1. The molecule has 1 aliphatic heterocycles. The number of hydrogen-bond donors (Lipinski definition) is 0. The Labute approximate surface area is 127 Å². The Hall–Kier alpha value is -1.61. The van der Waals surface area contributed by atoms with Crippen LogP contribution in [0.4, 0.5) is 5.69 Å². The van der Waals surface area contributed by atoms with Gasteiger partial charge in [0.2, 0.25) is 0 Å². The summed E-state index contributed by atoms with van der Waals surface area (Å²) in [5, 5.41) is 0. The molecule has 0 aromatic heterocycles. The molecule has 0 aliphatic carbocycles. The Balaban J connectivity index is 2.02. The Morgan fingerprint density at radius 1 is 1.15 bits per heavy atom. The summed E-state index contributed by atoms with van der Waals surface area (Å²) in [4.78, 5) is 14.8. The van der Waals surface area contributed by atoms with Crippen LogP contribution < -0.4 is 4.90 Å². The minimum Gasteiger partial charge on any atom is -0.308 e. The first kappa shape index (κ1) is 13.4. The molecule has 3 rings (SSSR count). The van der Waals surface area contributed by atoms with Gasteiger partial charge in [-0.15, -0.1) is 0 Å². The van der Waals surface area contributed by atoms with E-state index in [1.165, 1.54) is 5.56 Å². The number of carbonyl (C=O) groups is 1. The van der Waals surface area contributed by atoms with E-state index in [-0.39, 0.29) is 5.91 Å². The number of nitrogens with zero attached hydrogens (tertiary/aromatic N) is 1. The average Bonchev–Trinajstić information content (AvgIpc) is 2.49. The van der Waals surface area contributed by atoms with Gasteiger partial charge in [-0.3, -0.25) is 4.79 Å². The number of aryl methyl sites for hydroxylation is 1. The largest absolute Gasteiger partial charge is 0.308 e. The van der Waals surface area contributed by atoms with Crippen LogP contribution >= 0.6 is 15.9 Å². The van der Waals surface area contributed by atoms with Crippen LogP contribution in [0.25, 0.3) is 0 Å². The fourth-order valence-corrected chi connectivity index (χ4v) is 3.10. The molecule has 0 fully saturated rings. The van der Waals surface area contributed by atoms with Crippen molar-refractivity contribution < 1.29 is 4.79 Å². The number of para-hydroxylation sites is 1. The summed E-state index contributed by atoms with van der Waals surface area (Å²) < 4.78 is 0.980. The zero-order valence-electron chi connectivity index (χ0n) is 11.4. The lowest BCUT2D eigenvalue weighted by Crippen LogP contribution is -2.35. The average molecular weight is 330 g/mol. The minimum absolute atomic E-state index is 0.0935. The van der Waals surface area contributed by atoms with Crippen LogP contribution in [0, 0.1) is 6.92 Å². The maximum Gasteiger partial charge on any atom is 0.258 e. The third kappa shape index (κ3) is 2.27. The van der Waals surface area contributed by atoms with E-state index in [0.29, 0.717) is 0 Å². The van der Waals surface area contributed by atoms with Crippen molar-refractivity contribution in [1.29, 1.82) is 0 Å². The Morgan fingerprint density at radius 3 is 2.80 bits per heavy atom. The molecule has 102 valence electrons. The topological polar surface area (TPSA) is 20.3 Å². The highest BCUT2D eigenvalue weighted by Crippen LogP contribution is 2.29. The maximum absolute atomic E-state index is 12.8. The van der Waals surface area contributed by atoms with Crippen molar-refractivity contribution in [3.8, 4) is 0 Å². The third-order valence-corrected chi connectivity index (χ3v) is 4.71. The van der Waals surface area contributed by atoms with Gasteiger partial charge in [0, 0.05) is 22.3 Å². The normalized spacial score (nSPS) is 14.0. The van der Waals surface area contributed by atoms with E-state index in [2.05, 4.69) is 22.0 Å². The van der Waals surface area contributed by atoms with Gasteiger partial charge in [-0.05, 0) is 49.1 Å². The molecule has 2 aromatic rings. The number of hydrogen-bond acceptors (Lipinski definition) is 1. The first-order valence-electron chi connectivity index (χ1n) is 6.83. The molecule has 0 saturated heterocycles. The van der Waals surface area contributed by atoms with Crippen molar-refractivity contribution in [3.05, 3.63) is 63.6 Å². The molecule has 20 heavy (non-hydrogen) atoms. The summed E-state index contributed by atoms with van der Waals surface area (Å²) in [5.74, 6) is 0.0935. The minimum atomic E-state index is 0.0935. The summed E-state index contributed by atoms with van der Waals surface area (Å²) in [6.45, 7) is 2.77. The van der Waals surface area contributed by atoms with Crippen LogP contribution in [-0.4, -0.2) is 12.5 Å². The van der Waals surface area contributed by atoms with Gasteiger partial charge in [-0.1, -0.05) is 40.2 Å². The summed E-state index contributed by atoms with van der Waals surface area (Å²) in [6.07, 6.45) is 2.08. The SMILES string of the molecule is Cc1c(Br)cccc1C(=O)N1CCCc2ccccc21. The highest BCUT2D eigenvalue weighted by atomic mass is 79.9. The van der Waals surface area contributed by atoms with Crippen molar-refractivity contribution in [2.24, 2.45) is 0 Å². The van der Waals surface area contributed by atoms with E-state index in [1.807, 2.05) is 48.2 Å². The van der Waals surface area contributed by atoms with E-state index in [9.17, 15) is 4.79 Å². The standard InChI is InChI=1S/C17H16BrNO/c1-12-14(8-4-9-15(12)18)17(20)19-11-5-7-13-6-2-3-10-16(13)19/h2-4,6,8-10H,5,7,11H2,1H3. The van der Waals surface area contributed by atoms with Crippen molar-refractivity contribution >= 4 is 27.5 Å². The monoisotopic (exact) mass is 329 g/mol. The van der Waals surface area contributed by atoms with Gasteiger partial charge in [0.15, 0.2) is 0 Å². The molecule has 0 saturated carbocycles. The Kier molecular flexibility index (Phi) is 3.62. The smallest absolute Gasteiger partial charge is 0.258 e. The lowest BCUT2D eigenvalue weighted by molar-refractivity contribution is 0.0984. The lowest BCUT2D eigenvalue weighted by atomic mass is 10.00. The van der Waals surface area contributed by atoms with Gasteiger partial charge < -0.3 is 4.90 Å². The third-order valence-electron chi connectivity index (χ3n) is 3.85. The molecule has 0 spiro atoms. The number of rotatable bonds is 1. The molecule has 0 unspecified atom stereocenters. The highest BCUT2D eigenvalue weighted by Gasteiger charge is 2.24.